The molecule has 112 valence electrons. The average molecular weight is 290 g/mol. The fraction of sp³-hybridized carbons (Fsp3) is 0.438. The minimum Gasteiger partial charge on any atom is -0.375 e. The maximum atomic E-state index is 13.9. The van der Waals surface area contributed by atoms with E-state index in [0.717, 1.165) is 6.42 Å². The van der Waals surface area contributed by atoms with Crippen molar-refractivity contribution in [2.75, 3.05) is 26.2 Å². The van der Waals surface area contributed by atoms with Gasteiger partial charge in [-0.1, -0.05) is 18.8 Å². The number of nitrogens with two attached hydrogens (primary N) is 1. The van der Waals surface area contributed by atoms with Gasteiger partial charge in [0.2, 0.25) is 0 Å². The van der Waals surface area contributed by atoms with Crippen molar-refractivity contribution < 1.29 is 13.9 Å². The highest BCUT2D eigenvalue weighted by Crippen LogP contribution is 2.15. The zero-order valence-electron chi connectivity index (χ0n) is 12.1. The molecule has 1 aliphatic heterocycles. The Bertz CT molecular complexity index is 577. The van der Waals surface area contributed by atoms with Gasteiger partial charge in [0.15, 0.2) is 0 Å². The second-order valence-electron chi connectivity index (χ2n) is 4.85. The molecule has 5 heteroatoms. The Morgan fingerprint density at radius 3 is 3.05 bits per heavy atom. The molecule has 2 rings (SSSR count). The Kier molecular flexibility index (Phi) is 5.32. The van der Waals surface area contributed by atoms with Gasteiger partial charge in [-0.05, 0) is 24.6 Å². The molecule has 1 amide bonds. The molecule has 1 aliphatic rings. The highest BCUT2D eigenvalue weighted by molar-refractivity contribution is 5.94. The van der Waals surface area contributed by atoms with Crippen molar-refractivity contribution in [1.29, 1.82) is 0 Å². The molecule has 1 heterocycles. The Morgan fingerprint density at radius 1 is 1.57 bits per heavy atom. The summed E-state index contributed by atoms with van der Waals surface area (Å²) >= 11 is 0. The topological polar surface area (TPSA) is 55.6 Å². The minimum absolute atomic E-state index is 0.0576. The fourth-order valence-electron chi connectivity index (χ4n) is 2.23. The number of nitrogens with zero attached hydrogens (tertiary/aromatic N) is 1. The Labute approximate surface area is 124 Å². The third-order valence-electron chi connectivity index (χ3n) is 3.42. The normalized spacial score (nSPS) is 18.0. The molecule has 2 N–H and O–H groups in total. The summed E-state index contributed by atoms with van der Waals surface area (Å²) in [6.07, 6.45) is 0.911. The van der Waals surface area contributed by atoms with E-state index in [4.69, 9.17) is 10.5 Å². The summed E-state index contributed by atoms with van der Waals surface area (Å²) in [5.74, 6) is 4.57. The Morgan fingerprint density at radius 2 is 2.38 bits per heavy atom. The first-order chi connectivity index (χ1) is 10.2. The molecule has 0 radical (unpaired) electrons. The zero-order valence-corrected chi connectivity index (χ0v) is 12.1. The highest BCUT2D eigenvalue weighted by Gasteiger charge is 2.24. The summed E-state index contributed by atoms with van der Waals surface area (Å²) in [4.78, 5) is 14.1. The van der Waals surface area contributed by atoms with Gasteiger partial charge in [-0.3, -0.25) is 4.79 Å². The summed E-state index contributed by atoms with van der Waals surface area (Å²) < 4.78 is 19.4. The first-order valence-corrected chi connectivity index (χ1v) is 7.05. The summed E-state index contributed by atoms with van der Waals surface area (Å²) in [7, 11) is 0. The molecule has 0 spiro atoms. The molecule has 0 aliphatic carbocycles. The van der Waals surface area contributed by atoms with E-state index < -0.39 is 5.82 Å². The van der Waals surface area contributed by atoms with Gasteiger partial charge < -0.3 is 15.4 Å². The van der Waals surface area contributed by atoms with Crippen molar-refractivity contribution in [2.24, 2.45) is 5.73 Å². The lowest BCUT2D eigenvalue weighted by molar-refractivity contribution is -0.0226. The minimum atomic E-state index is -0.498. The van der Waals surface area contributed by atoms with Crippen LogP contribution in [0.2, 0.25) is 0 Å². The van der Waals surface area contributed by atoms with E-state index >= 15 is 0 Å². The van der Waals surface area contributed by atoms with Gasteiger partial charge in [-0.25, -0.2) is 4.39 Å². The van der Waals surface area contributed by atoms with Crippen LogP contribution in [0.3, 0.4) is 0 Å². The first-order valence-electron chi connectivity index (χ1n) is 7.05. The third-order valence-corrected chi connectivity index (χ3v) is 3.42. The van der Waals surface area contributed by atoms with Crippen LogP contribution in [-0.4, -0.2) is 43.2 Å². The zero-order chi connectivity index (χ0) is 15.2. The predicted molar refractivity (Wildman–Crippen MR) is 78.3 cm³/mol. The summed E-state index contributed by atoms with van der Waals surface area (Å²) in [5, 5.41) is 0. The van der Waals surface area contributed by atoms with Gasteiger partial charge in [0.25, 0.3) is 5.91 Å². The van der Waals surface area contributed by atoms with E-state index in [9.17, 15) is 9.18 Å². The van der Waals surface area contributed by atoms with Crippen LogP contribution in [0.1, 0.15) is 29.3 Å². The van der Waals surface area contributed by atoms with Gasteiger partial charge in [-0.15, -0.1) is 0 Å². The van der Waals surface area contributed by atoms with Crippen molar-refractivity contribution in [3.8, 4) is 11.8 Å². The average Bonchev–Trinajstić information content (AvgIpc) is 2.53. The number of benzene rings is 1. The number of carbonyl (C=O) groups is 1. The number of carbonyl (C=O) groups excluding carboxylic acids is 1. The maximum absolute atomic E-state index is 13.9. The number of ether oxygens (including phenoxy) is 1. The number of rotatable bonds is 2. The van der Waals surface area contributed by atoms with E-state index in [1.54, 1.807) is 11.0 Å². The molecule has 1 unspecified atom stereocenters. The SMILES string of the molecule is CCC1CN(C(=O)c2ccc(C#CCN)c(F)c2)CCO1. The molecule has 4 nitrogen and oxygen atoms in total. The molecular weight excluding hydrogens is 271 g/mol. The Balaban J connectivity index is 2.14. The van der Waals surface area contributed by atoms with E-state index in [0.29, 0.717) is 25.3 Å². The molecule has 0 bridgehead atoms. The number of amides is 1. The largest absolute Gasteiger partial charge is 0.375 e. The molecule has 1 aromatic rings. The van der Waals surface area contributed by atoms with Crippen molar-refractivity contribution in [3.05, 3.63) is 35.1 Å². The Hall–Kier alpha value is -1.90. The van der Waals surface area contributed by atoms with E-state index in [2.05, 4.69) is 11.8 Å². The van der Waals surface area contributed by atoms with Gasteiger partial charge in [0, 0.05) is 18.7 Å². The van der Waals surface area contributed by atoms with E-state index in [1.165, 1.54) is 12.1 Å². The second-order valence-corrected chi connectivity index (χ2v) is 4.85. The van der Waals surface area contributed by atoms with Crippen molar-refractivity contribution in [1.82, 2.24) is 4.90 Å². The van der Waals surface area contributed by atoms with Crippen LogP contribution >= 0.6 is 0 Å². The lowest BCUT2D eigenvalue weighted by Gasteiger charge is -2.32. The number of hydrogen-bond acceptors (Lipinski definition) is 3. The summed E-state index contributed by atoms with van der Waals surface area (Å²) in [5.41, 5.74) is 5.85. The monoisotopic (exact) mass is 290 g/mol. The third kappa shape index (κ3) is 3.81. The van der Waals surface area contributed by atoms with Crippen LogP contribution in [-0.2, 0) is 4.74 Å². The van der Waals surface area contributed by atoms with Crippen LogP contribution in [0.4, 0.5) is 4.39 Å². The van der Waals surface area contributed by atoms with Gasteiger partial charge in [-0.2, -0.15) is 0 Å². The summed E-state index contributed by atoms with van der Waals surface area (Å²) in [6.45, 7) is 3.79. The van der Waals surface area contributed by atoms with Gasteiger partial charge in [0.1, 0.15) is 5.82 Å². The molecule has 1 fully saturated rings. The molecular formula is C16H19FN2O2. The van der Waals surface area contributed by atoms with Crippen LogP contribution in [0.5, 0.6) is 0 Å². The fourth-order valence-corrected chi connectivity index (χ4v) is 2.23. The molecule has 0 saturated carbocycles. The van der Waals surface area contributed by atoms with Crippen molar-refractivity contribution >= 4 is 5.91 Å². The molecule has 1 atom stereocenters. The lowest BCUT2D eigenvalue weighted by atomic mass is 10.1. The second kappa shape index (κ2) is 7.21. The first kappa shape index (κ1) is 15.5. The molecule has 0 aromatic heterocycles. The molecule has 1 saturated heterocycles. The highest BCUT2D eigenvalue weighted by atomic mass is 19.1. The standard InChI is InChI=1S/C16H19FN2O2/c1-2-14-11-19(8-9-21-14)16(20)13-6-5-12(4-3-7-18)15(17)10-13/h5-6,10,14H,2,7-9,11,18H2,1H3. The smallest absolute Gasteiger partial charge is 0.254 e. The van der Waals surface area contributed by atoms with Gasteiger partial charge >= 0.3 is 0 Å². The van der Waals surface area contributed by atoms with Crippen molar-refractivity contribution in [2.45, 2.75) is 19.4 Å². The van der Waals surface area contributed by atoms with E-state index in [1.807, 2.05) is 6.92 Å². The predicted octanol–water partition coefficient (Wildman–Crippen LogP) is 1.39. The van der Waals surface area contributed by atoms with Gasteiger partial charge in [0.05, 0.1) is 24.8 Å². The quantitative estimate of drug-likeness (QED) is 0.837. The number of morpholine rings is 1. The van der Waals surface area contributed by atoms with Crippen molar-refractivity contribution in [3.63, 3.8) is 0 Å². The number of hydrogen-bond donors (Lipinski definition) is 1. The summed E-state index contributed by atoms with van der Waals surface area (Å²) in [6, 6.07) is 4.35. The lowest BCUT2D eigenvalue weighted by Crippen LogP contribution is -2.45. The molecule has 21 heavy (non-hydrogen) atoms. The van der Waals surface area contributed by atoms with Crippen LogP contribution < -0.4 is 5.73 Å². The number of halogens is 1. The van der Waals surface area contributed by atoms with Crippen LogP contribution in [0.15, 0.2) is 18.2 Å². The van der Waals surface area contributed by atoms with E-state index in [-0.39, 0.29) is 24.1 Å². The molecule has 1 aromatic carbocycles. The van der Waals surface area contributed by atoms with Crippen LogP contribution in [0.25, 0.3) is 0 Å². The maximum Gasteiger partial charge on any atom is 0.254 e. The van der Waals surface area contributed by atoms with Crippen LogP contribution in [0, 0.1) is 17.7 Å².